The monoisotopic (exact) mass is 401 g/mol. The molecule has 1 aromatic heterocycles. The first-order valence-corrected chi connectivity index (χ1v) is 9.31. The predicted molar refractivity (Wildman–Crippen MR) is 104 cm³/mol. The molecule has 3 aromatic rings. The third kappa shape index (κ3) is 4.28. The molecule has 144 valence electrons. The van der Waals surface area contributed by atoms with Gasteiger partial charge in [0.05, 0.1) is 18.4 Å². The van der Waals surface area contributed by atoms with E-state index in [0.717, 1.165) is 41.3 Å². The van der Waals surface area contributed by atoms with Gasteiger partial charge in [-0.25, -0.2) is 8.78 Å². The van der Waals surface area contributed by atoms with Gasteiger partial charge in [0.25, 0.3) is 0 Å². The van der Waals surface area contributed by atoms with Crippen LogP contribution < -0.4 is 4.74 Å². The normalized spacial score (nSPS) is 10.7. The number of Topliss-reactive ketones (excluding diaryl/α,β-unsaturated/α-hetero) is 1. The second-order valence-corrected chi connectivity index (χ2v) is 6.71. The molecule has 0 spiro atoms. The molecule has 0 fully saturated rings. The van der Waals surface area contributed by atoms with Gasteiger partial charge < -0.3 is 4.74 Å². The summed E-state index contributed by atoms with van der Waals surface area (Å²) >= 11 is 1.11. The lowest BCUT2D eigenvalue weighted by Gasteiger charge is -2.08. The summed E-state index contributed by atoms with van der Waals surface area (Å²) in [6, 6.07) is 10.1. The van der Waals surface area contributed by atoms with Crippen LogP contribution in [-0.4, -0.2) is 33.4 Å². The molecule has 3 rings (SSSR count). The molecule has 0 N–H and O–H groups in total. The van der Waals surface area contributed by atoms with E-state index in [4.69, 9.17) is 4.74 Å². The zero-order valence-electron chi connectivity index (χ0n) is 15.1. The highest BCUT2D eigenvalue weighted by molar-refractivity contribution is 7.99. The first-order chi connectivity index (χ1) is 13.5. The van der Waals surface area contributed by atoms with Gasteiger partial charge in [0.15, 0.2) is 16.8 Å². The Labute approximate surface area is 165 Å². The maximum absolute atomic E-state index is 13.8. The lowest BCUT2D eigenvalue weighted by Crippen LogP contribution is -2.08. The molecule has 8 heteroatoms. The molecule has 5 nitrogen and oxygen atoms in total. The number of thioether (sulfide) groups is 1. The molecule has 0 unspecified atom stereocenters. The number of allylic oxidation sites excluding steroid dienone is 1. The topological polar surface area (TPSA) is 57.0 Å². The lowest BCUT2D eigenvalue weighted by atomic mass is 10.1. The summed E-state index contributed by atoms with van der Waals surface area (Å²) in [4.78, 5) is 12.3. The van der Waals surface area contributed by atoms with Crippen LogP contribution in [0.25, 0.3) is 11.4 Å². The smallest absolute Gasteiger partial charge is 0.192 e. The molecule has 2 aromatic carbocycles. The molecule has 0 atom stereocenters. The van der Waals surface area contributed by atoms with Crippen molar-refractivity contribution in [3.8, 4) is 17.1 Å². The molecule has 0 saturated carbocycles. The number of carbonyl (C=O) groups excluding carboxylic acids is 1. The van der Waals surface area contributed by atoms with Crippen molar-refractivity contribution in [1.29, 1.82) is 0 Å². The summed E-state index contributed by atoms with van der Waals surface area (Å²) in [5.41, 5.74) is 0.544. The summed E-state index contributed by atoms with van der Waals surface area (Å²) in [5, 5.41) is 8.82. The third-order valence-corrected chi connectivity index (χ3v) is 4.90. The van der Waals surface area contributed by atoms with Gasteiger partial charge in [-0.15, -0.1) is 16.8 Å². The molecule has 0 saturated heterocycles. The predicted octanol–water partition coefficient (Wildman–Crippen LogP) is 4.39. The Balaban J connectivity index is 1.82. The van der Waals surface area contributed by atoms with Gasteiger partial charge in [0.2, 0.25) is 0 Å². The number of methoxy groups -OCH3 is 1. The van der Waals surface area contributed by atoms with Gasteiger partial charge in [0, 0.05) is 12.1 Å². The maximum Gasteiger partial charge on any atom is 0.192 e. The van der Waals surface area contributed by atoms with E-state index in [1.165, 1.54) is 0 Å². The molecule has 0 aliphatic heterocycles. The number of benzene rings is 2. The highest BCUT2D eigenvalue weighted by Gasteiger charge is 2.18. The number of halogens is 2. The molecule has 28 heavy (non-hydrogen) atoms. The van der Waals surface area contributed by atoms with E-state index in [0.29, 0.717) is 17.5 Å². The van der Waals surface area contributed by atoms with Crippen molar-refractivity contribution >= 4 is 17.5 Å². The van der Waals surface area contributed by atoms with Gasteiger partial charge >= 0.3 is 0 Å². The highest BCUT2D eigenvalue weighted by atomic mass is 32.2. The summed E-state index contributed by atoms with van der Waals surface area (Å²) in [7, 11) is 1.59. The van der Waals surface area contributed by atoms with Crippen molar-refractivity contribution in [2.24, 2.45) is 0 Å². The molecular formula is C20H17F2N3O2S. The van der Waals surface area contributed by atoms with Crippen molar-refractivity contribution in [2.45, 2.75) is 11.7 Å². The second kappa shape index (κ2) is 8.79. The van der Waals surface area contributed by atoms with E-state index in [9.17, 15) is 13.6 Å². The fraction of sp³-hybridized carbons (Fsp3) is 0.150. The Morgan fingerprint density at radius 1 is 1.21 bits per heavy atom. The Bertz CT molecular complexity index is 1000. The fourth-order valence-electron chi connectivity index (χ4n) is 2.56. The van der Waals surface area contributed by atoms with Gasteiger partial charge in [-0.1, -0.05) is 17.8 Å². The van der Waals surface area contributed by atoms with Crippen molar-refractivity contribution < 1.29 is 18.3 Å². The summed E-state index contributed by atoms with van der Waals surface area (Å²) < 4.78 is 34.0. The minimum Gasteiger partial charge on any atom is -0.497 e. The largest absolute Gasteiger partial charge is 0.497 e. The average Bonchev–Trinajstić information content (AvgIpc) is 3.11. The number of rotatable bonds is 8. The van der Waals surface area contributed by atoms with E-state index in [1.54, 1.807) is 17.8 Å². The third-order valence-electron chi connectivity index (χ3n) is 3.94. The van der Waals surface area contributed by atoms with Crippen LogP contribution in [0.15, 0.2) is 60.3 Å². The van der Waals surface area contributed by atoms with E-state index >= 15 is 0 Å². The maximum atomic E-state index is 13.8. The zero-order valence-corrected chi connectivity index (χ0v) is 15.9. The van der Waals surface area contributed by atoms with Gasteiger partial charge in [-0.3, -0.25) is 9.36 Å². The van der Waals surface area contributed by atoms with Crippen molar-refractivity contribution in [1.82, 2.24) is 14.8 Å². The standard InChI is InChI=1S/C20H17F2N3O2S/c1-3-10-25-19(13-4-7-15(27-2)8-5-13)23-24-20(25)28-12-18(26)16-11-14(21)6-9-17(16)22/h3-9,11H,1,10,12H2,2H3. The Kier molecular flexibility index (Phi) is 6.20. The number of carbonyl (C=O) groups is 1. The highest BCUT2D eigenvalue weighted by Crippen LogP contribution is 2.26. The van der Waals surface area contributed by atoms with Crippen LogP contribution in [0.5, 0.6) is 5.75 Å². The zero-order chi connectivity index (χ0) is 20.1. The molecule has 0 amide bonds. The Hall–Kier alpha value is -3.00. The van der Waals surface area contributed by atoms with E-state index in [2.05, 4.69) is 16.8 Å². The van der Waals surface area contributed by atoms with Crippen molar-refractivity contribution in [3.05, 3.63) is 72.3 Å². The second-order valence-electron chi connectivity index (χ2n) is 5.77. The van der Waals surface area contributed by atoms with E-state index in [1.807, 2.05) is 24.3 Å². The van der Waals surface area contributed by atoms with E-state index in [-0.39, 0.29) is 11.3 Å². The molecular weight excluding hydrogens is 384 g/mol. The van der Waals surface area contributed by atoms with Crippen molar-refractivity contribution in [3.63, 3.8) is 0 Å². The average molecular weight is 401 g/mol. The van der Waals surface area contributed by atoms with Crippen LogP contribution >= 0.6 is 11.8 Å². The van der Waals surface area contributed by atoms with Gasteiger partial charge in [-0.05, 0) is 42.5 Å². The summed E-state index contributed by atoms with van der Waals surface area (Å²) in [5.74, 6) is -0.713. The molecule has 0 radical (unpaired) electrons. The van der Waals surface area contributed by atoms with Crippen LogP contribution in [0.4, 0.5) is 8.78 Å². The number of ketones is 1. The van der Waals surface area contributed by atoms with Crippen molar-refractivity contribution in [2.75, 3.05) is 12.9 Å². The number of aromatic nitrogens is 3. The molecule has 0 bridgehead atoms. The number of hydrogen-bond acceptors (Lipinski definition) is 5. The Morgan fingerprint density at radius 2 is 1.96 bits per heavy atom. The van der Waals surface area contributed by atoms with Crippen LogP contribution in [0.2, 0.25) is 0 Å². The first kappa shape index (κ1) is 19.8. The molecule has 0 aliphatic rings. The lowest BCUT2D eigenvalue weighted by molar-refractivity contribution is 0.101. The number of hydrogen-bond donors (Lipinski definition) is 0. The van der Waals surface area contributed by atoms with E-state index < -0.39 is 17.4 Å². The Morgan fingerprint density at radius 3 is 2.64 bits per heavy atom. The minimum atomic E-state index is -0.751. The number of ether oxygens (including phenoxy) is 1. The van der Waals surface area contributed by atoms with Crippen LogP contribution in [-0.2, 0) is 6.54 Å². The van der Waals surface area contributed by atoms with Gasteiger partial charge in [-0.2, -0.15) is 0 Å². The molecule has 1 heterocycles. The quantitative estimate of drug-likeness (QED) is 0.318. The SMILES string of the molecule is C=CCn1c(SCC(=O)c2cc(F)ccc2F)nnc1-c1ccc(OC)cc1. The summed E-state index contributed by atoms with van der Waals surface area (Å²) in [6.45, 7) is 4.17. The van der Waals surface area contributed by atoms with Crippen LogP contribution in [0.3, 0.4) is 0 Å². The van der Waals surface area contributed by atoms with Crippen LogP contribution in [0, 0.1) is 11.6 Å². The minimum absolute atomic E-state index is 0.0989. The number of nitrogens with zero attached hydrogens (tertiary/aromatic N) is 3. The van der Waals surface area contributed by atoms with Gasteiger partial charge in [0.1, 0.15) is 17.4 Å². The molecule has 0 aliphatic carbocycles. The fourth-order valence-corrected chi connectivity index (χ4v) is 3.39. The first-order valence-electron chi connectivity index (χ1n) is 8.33. The van der Waals surface area contributed by atoms with Crippen LogP contribution in [0.1, 0.15) is 10.4 Å². The summed E-state index contributed by atoms with van der Waals surface area (Å²) in [6.07, 6.45) is 1.69.